The summed E-state index contributed by atoms with van der Waals surface area (Å²) in [5.41, 5.74) is 6.88. The van der Waals surface area contributed by atoms with Crippen LogP contribution in [0.1, 0.15) is 12.5 Å². The first-order valence-corrected chi connectivity index (χ1v) is 5.30. The highest BCUT2D eigenvalue weighted by molar-refractivity contribution is 5.17. The molecule has 0 heterocycles. The molecule has 0 amide bonds. The number of β-amino-alcohol motifs (C(OH)–C–C–N with tert-alkyl or cyclic N) is 1. The summed E-state index contributed by atoms with van der Waals surface area (Å²) in [5, 5.41) is 12.1. The third kappa shape index (κ3) is 4.00. The van der Waals surface area contributed by atoms with Crippen molar-refractivity contribution in [3.8, 4) is 0 Å². The first-order chi connectivity index (χ1) is 7.20. The van der Waals surface area contributed by atoms with Crippen LogP contribution in [0.5, 0.6) is 0 Å². The lowest BCUT2D eigenvalue weighted by molar-refractivity contribution is 0.260. The van der Waals surface area contributed by atoms with E-state index in [0.717, 1.165) is 6.42 Å². The largest absolute Gasteiger partial charge is 0.395 e. The van der Waals surface area contributed by atoms with Gasteiger partial charge in [-0.05, 0) is 18.9 Å². The molecule has 1 aromatic rings. The van der Waals surface area contributed by atoms with E-state index in [0.29, 0.717) is 13.1 Å². The van der Waals surface area contributed by atoms with Gasteiger partial charge in [-0.3, -0.25) is 0 Å². The molecule has 0 aliphatic carbocycles. The Balaban J connectivity index is 2.59. The van der Waals surface area contributed by atoms with Crippen molar-refractivity contribution in [2.45, 2.75) is 18.9 Å². The topological polar surface area (TPSA) is 58.3 Å². The minimum atomic E-state index is -0.135. The van der Waals surface area contributed by atoms with Gasteiger partial charge in [0.2, 0.25) is 0 Å². The summed E-state index contributed by atoms with van der Waals surface area (Å²) in [6.07, 6.45) is 0.879. The molecule has 4 N–H and O–H groups in total. The molecule has 1 unspecified atom stereocenters. The van der Waals surface area contributed by atoms with Gasteiger partial charge in [-0.2, -0.15) is 0 Å². The Morgan fingerprint density at radius 3 is 2.53 bits per heavy atom. The summed E-state index contributed by atoms with van der Waals surface area (Å²) < 4.78 is 0. The van der Waals surface area contributed by atoms with Gasteiger partial charge in [-0.1, -0.05) is 30.3 Å². The van der Waals surface area contributed by atoms with Crippen LogP contribution >= 0.6 is 0 Å². The van der Waals surface area contributed by atoms with Gasteiger partial charge in [0.15, 0.2) is 0 Å². The van der Waals surface area contributed by atoms with E-state index in [1.165, 1.54) is 5.56 Å². The molecule has 0 aromatic heterocycles. The first kappa shape index (κ1) is 12.2. The fourth-order valence-corrected chi connectivity index (χ4v) is 1.61. The van der Waals surface area contributed by atoms with Crippen molar-refractivity contribution in [1.29, 1.82) is 0 Å². The van der Waals surface area contributed by atoms with Crippen molar-refractivity contribution in [3.05, 3.63) is 35.9 Å². The summed E-state index contributed by atoms with van der Waals surface area (Å²) in [4.78, 5) is 0. The number of rotatable bonds is 6. The lowest BCUT2D eigenvalue weighted by atomic mass is 9.93. The highest BCUT2D eigenvalue weighted by atomic mass is 16.3. The summed E-state index contributed by atoms with van der Waals surface area (Å²) in [7, 11) is 0. The van der Waals surface area contributed by atoms with Gasteiger partial charge in [0, 0.05) is 18.6 Å². The van der Waals surface area contributed by atoms with Gasteiger partial charge in [-0.15, -0.1) is 0 Å². The monoisotopic (exact) mass is 208 g/mol. The predicted octanol–water partition coefficient (Wildman–Crippen LogP) is 0.528. The normalized spacial score (nSPS) is 14.9. The zero-order valence-electron chi connectivity index (χ0n) is 9.24. The van der Waals surface area contributed by atoms with Crippen molar-refractivity contribution in [2.24, 2.45) is 5.73 Å². The van der Waals surface area contributed by atoms with Crippen LogP contribution in [-0.2, 0) is 6.42 Å². The van der Waals surface area contributed by atoms with Gasteiger partial charge in [0.1, 0.15) is 0 Å². The molecule has 3 heteroatoms. The molecule has 0 fully saturated rings. The minimum absolute atomic E-state index is 0.135. The second-order valence-electron chi connectivity index (χ2n) is 4.08. The summed E-state index contributed by atoms with van der Waals surface area (Å²) in [5.74, 6) is 0. The van der Waals surface area contributed by atoms with Crippen molar-refractivity contribution >= 4 is 0 Å². The Labute approximate surface area is 91.3 Å². The van der Waals surface area contributed by atoms with Crippen LogP contribution in [0, 0.1) is 0 Å². The van der Waals surface area contributed by atoms with E-state index in [1.807, 2.05) is 18.2 Å². The molecule has 1 aromatic carbocycles. The molecular formula is C12H20N2O. The van der Waals surface area contributed by atoms with E-state index in [1.54, 1.807) is 0 Å². The molecule has 15 heavy (non-hydrogen) atoms. The standard InChI is InChI=1S/C12H20N2O/c1-12(10-13,14-7-8-15)9-11-5-3-2-4-6-11/h2-6,14-15H,7-10,13H2,1H3. The molecular weight excluding hydrogens is 188 g/mol. The number of hydrogen-bond donors (Lipinski definition) is 3. The lowest BCUT2D eigenvalue weighted by Crippen LogP contribution is -2.51. The fraction of sp³-hybridized carbons (Fsp3) is 0.500. The van der Waals surface area contributed by atoms with Crippen molar-refractivity contribution < 1.29 is 5.11 Å². The van der Waals surface area contributed by atoms with Crippen LogP contribution < -0.4 is 11.1 Å². The summed E-state index contributed by atoms with van der Waals surface area (Å²) in [6.45, 7) is 3.36. The van der Waals surface area contributed by atoms with Crippen LogP contribution in [0.2, 0.25) is 0 Å². The smallest absolute Gasteiger partial charge is 0.0556 e. The van der Waals surface area contributed by atoms with Crippen molar-refractivity contribution in [1.82, 2.24) is 5.32 Å². The van der Waals surface area contributed by atoms with E-state index in [2.05, 4.69) is 24.4 Å². The molecule has 0 aliphatic rings. The van der Waals surface area contributed by atoms with Crippen LogP contribution in [0.25, 0.3) is 0 Å². The SMILES string of the molecule is CC(CN)(Cc1ccccc1)NCCO. The maximum atomic E-state index is 8.79. The van der Waals surface area contributed by atoms with E-state index >= 15 is 0 Å². The van der Waals surface area contributed by atoms with Crippen LogP contribution in [-0.4, -0.2) is 30.3 Å². The van der Waals surface area contributed by atoms with Gasteiger partial charge >= 0.3 is 0 Å². The first-order valence-electron chi connectivity index (χ1n) is 5.30. The Morgan fingerprint density at radius 2 is 2.00 bits per heavy atom. The third-order valence-corrected chi connectivity index (χ3v) is 2.55. The molecule has 0 saturated heterocycles. The number of aliphatic hydroxyl groups is 1. The molecule has 0 saturated carbocycles. The highest BCUT2D eigenvalue weighted by Gasteiger charge is 2.21. The average Bonchev–Trinajstić information content (AvgIpc) is 2.28. The molecule has 0 spiro atoms. The Kier molecular flexibility index (Phi) is 4.75. The molecule has 0 aliphatic heterocycles. The number of benzene rings is 1. The Bertz CT molecular complexity index is 276. The molecule has 1 rings (SSSR count). The van der Waals surface area contributed by atoms with Crippen LogP contribution in [0.4, 0.5) is 0 Å². The Hall–Kier alpha value is -0.900. The zero-order valence-corrected chi connectivity index (χ0v) is 9.24. The third-order valence-electron chi connectivity index (χ3n) is 2.55. The number of nitrogens with one attached hydrogen (secondary N) is 1. The lowest BCUT2D eigenvalue weighted by Gasteiger charge is -2.29. The van der Waals surface area contributed by atoms with Crippen molar-refractivity contribution in [3.63, 3.8) is 0 Å². The molecule has 84 valence electrons. The summed E-state index contributed by atoms with van der Waals surface area (Å²) >= 11 is 0. The van der Waals surface area contributed by atoms with Gasteiger partial charge in [0.05, 0.1) is 6.61 Å². The molecule has 0 radical (unpaired) electrons. The maximum Gasteiger partial charge on any atom is 0.0556 e. The van der Waals surface area contributed by atoms with Crippen molar-refractivity contribution in [2.75, 3.05) is 19.7 Å². The van der Waals surface area contributed by atoms with Crippen LogP contribution in [0.3, 0.4) is 0 Å². The number of nitrogens with two attached hydrogens (primary N) is 1. The second-order valence-corrected chi connectivity index (χ2v) is 4.08. The van der Waals surface area contributed by atoms with Gasteiger partial charge in [-0.25, -0.2) is 0 Å². The minimum Gasteiger partial charge on any atom is -0.395 e. The maximum absolute atomic E-state index is 8.79. The highest BCUT2D eigenvalue weighted by Crippen LogP contribution is 2.11. The fourth-order valence-electron chi connectivity index (χ4n) is 1.61. The van der Waals surface area contributed by atoms with Gasteiger partial charge in [0.25, 0.3) is 0 Å². The molecule has 1 atom stereocenters. The zero-order chi connectivity index (χ0) is 11.1. The number of aliphatic hydroxyl groups excluding tert-OH is 1. The molecule has 0 bridgehead atoms. The van der Waals surface area contributed by atoms with E-state index in [4.69, 9.17) is 10.8 Å². The van der Waals surface area contributed by atoms with Gasteiger partial charge < -0.3 is 16.2 Å². The Morgan fingerprint density at radius 1 is 1.33 bits per heavy atom. The molecule has 3 nitrogen and oxygen atoms in total. The van der Waals surface area contributed by atoms with Crippen LogP contribution in [0.15, 0.2) is 30.3 Å². The quantitative estimate of drug-likeness (QED) is 0.639. The van der Waals surface area contributed by atoms with E-state index in [9.17, 15) is 0 Å². The summed E-state index contributed by atoms with van der Waals surface area (Å²) in [6, 6.07) is 10.2. The average molecular weight is 208 g/mol. The second kappa shape index (κ2) is 5.85. The predicted molar refractivity (Wildman–Crippen MR) is 62.7 cm³/mol. The number of hydrogen-bond acceptors (Lipinski definition) is 3. The van der Waals surface area contributed by atoms with E-state index < -0.39 is 0 Å². The van der Waals surface area contributed by atoms with E-state index in [-0.39, 0.29) is 12.1 Å².